The lowest BCUT2D eigenvalue weighted by Crippen LogP contribution is -2.34. The molecule has 22 heavy (non-hydrogen) atoms. The number of carbonyl (C=O) groups is 3. The quantitative estimate of drug-likeness (QED) is 0.675. The molecule has 3 amide bonds. The minimum atomic E-state index is -0.597. The number of furan rings is 1. The molecule has 0 aliphatic carbocycles. The molecule has 0 unspecified atom stereocenters. The fraction of sp³-hybridized carbons (Fsp3) is 0.133. The number of nitrogens with one attached hydrogen (secondary N) is 2. The smallest absolute Gasteiger partial charge is 0.287 e. The fourth-order valence-electron chi connectivity index (χ4n) is 1.76. The molecule has 0 saturated heterocycles. The van der Waals surface area contributed by atoms with Crippen LogP contribution in [0, 0.1) is 0 Å². The Hall–Kier alpha value is -3.09. The molecular formula is C15H15N3O4. The van der Waals surface area contributed by atoms with Gasteiger partial charge in [0.1, 0.15) is 0 Å². The molecule has 1 aromatic heterocycles. The Kier molecular flexibility index (Phi) is 4.92. The van der Waals surface area contributed by atoms with Gasteiger partial charge in [-0.2, -0.15) is 0 Å². The van der Waals surface area contributed by atoms with Gasteiger partial charge >= 0.3 is 0 Å². The highest BCUT2D eigenvalue weighted by Crippen LogP contribution is 2.04. The third kappa shape index (κ3) is 3.95. The fourth-order valence-corrected chi connectivity index (χ4v) is 1.76. The van der Waals surface area contributed by atoms with E-state index < -0.39 is 5.91 Å². The van der Waals surface area contributed by atoms with Gasteiger partial charge in [0.05, 0.1) is 6.26 Å². The highest BCUT2D eigenvalue weighted by Gasteiger charge is 2.09. The van der Waals surface area contributed by atoms with Gasteiger partial charge < -0.3 is 20.8 Å². The first-order valence-electron chi connectivity index (χ1n) is 6.57. The van der Waals surface area contributed by atoms with Crippen molar-refractivity contribution in [3.63, 3.8) is 0 Å². The van der Waals surface area contributed by atoms with E-state index in [-0.39, 0.29) is 36.2 Å². The maximum absolute atomic E-state index is 11.9. The maximum atomic E-state index is 11.9. The van der Waals surface area contributed by atoms with E-state index in [0.717, 1.165) is 0 Å². The van der Waals surface area contributed by atoms with Crippen LogP contribution in [0.2, 0.25) is 0 Å². The lowest BCUT2D eigenvalue weighted by atomic mass is 10.1. The van der Waals surface area contributed by atoms with Crippen molar-refractivity contribution in [2.45, 2.75) is 0 Å². The van der Waals surface area contributed by atoms with Gasteiger partial charge in [0, 0.05) is 24.2 Å². The number of rotatable bonds is 6. The van der Waals surface area contributed by atoms with Crippen LogP contribution in [0.5, 0.6) is 0 Å². The van der Waals surface area contributed by atoms with Gasteiger partial charge in [-0.3, -0.25) is 14.4 Å². The molecule has 7 nitrogen and oxygen atoms in total. The van der Waals surface area contributed by atoms with E-state index in [1.165, 1.54) is 18.4 Å². The van der Waals surface area contributed by atoms with Crippen LogP contribution in [-0.4, -0.2) is 30.8 Å². The van der Waals surface area contributed by atoms with Gasteiger partial charge in [0.2, 0.25) is 5.91 Å². The molecule has 0 saturated carbocycles. The van der Waals surface area contributed by atoms with Gasteiger partial charge in [-0.15, -0.1) is 0 Å². The summed E-state index contributed by atoms with van der Waals surface area (Å²) >= 11 is 0. The molecule has 0 radical (unpaired) electrons. The van der Waals surface area contributed by atoms with Crippen LogP contribution >= 0.6 is 0 Å². The number of hydrogen-bond donors (Lipinski definition) is 3. The first-order chi connectivity index (χ1) is 10.6. The van der Waals surface area contributed by atoms with Crippen LogP contribution in [-0.2, 0) is 0 Å². The second-order valence-electron chi connectivity index (χ2n) is 4.43. The molecule has 0 aliphatic heterocycles. The predicted molar refractivity (Wildman–Crippen MR) is 78.3 cm³/mol. The van der Waals surface area contributed by atoms with E-state index >= 15 is 0 Å². The molecule has 1 heterocycles. The minimum Gasteiger partial charge on any atom is -0.459 e. The van der Waals surface area contributed by atoms with Crippen molar-refractivity contribution in [1.82, 2.24) is 10.6 Å². The lowest BCUT2D eigenvalue weighted by Gasteiger charge is -2.07. The van der Waals surface area contributed by atoms with Crippen LogP contribution in [0.3, 0.4) is 0 Å². The summed E-state index contributed by atoms with van der Waals surface area (Å²) in [5.41, 5.74) is 5.75. The number of hydrogen-bond acceptors (Lipinski definition) is 4. The Morgan fingerprint density at radius 1 is 0.955 bits per heavy atom. The largest absolute Gasteiger partial charge is 0.459 e. The Bertz CT molecular complexity index is 680. The molecule has 0 bridgehead atoms. The molecule has 2 aromatic rings. The molecule has 114 valence electrons. The Morgan fingerprint density at radius 2 is 1.64 bits per heavy atom. The molecule has 2 rings (SSSR count). The summed E-state index contributed by atoms with van der Waals surface area (Å²) in [5, 5.41) is 5.23. The van der Waals surface area contributed by atoms with E-state index in [1.807, 2.05) is 0 Å². The van der Waals surface area contributed by atoms with Crippen LogP contribution in [0.25, 0.3) is 0 Å². The third-order valence-corrected chi connectivity index (χ3v) is 2.85. The zero-order valence-electron chi connectivity index (χ0n) is 11.7. The first-order valence-corrected chi connectivity index (χ1v) is 6.57. The van der Waals surface area contributed by atoms with Crippen molar-refractivity contribution < 1.29 is 18.8 Å². The van der Waals surface area contributed by atoms with Gasteiger partial charge in [-0.25, -0.2) is 0 Å². The highest BCUT2D eigenvalue weighted by molar-refractivity contribution is 5.99. The van der Waals surface area contributed by atoms with Crippen LogP contribution in [0.4, 0.5) is 0 Å². The van der Waals surface area contributed by atoms with Gasteiger partial charge in [-0.05, 0) is 30.3 Å². The van der Waals surface area contributed by atoms with Gasteiger partial charge in [0.25, 0.3) is 11.8 Å². The molecule has 4 N–H and O–H groups in total. The van der Waals surface area contributed by atoms with Crippen LogP contribution in [0.1, 0.15) is 31.3 Å². The summed E-state index contributed by atoms with van der Waals surface area (Å²) in [6, 6.07) is 9.25. The minimum absolute atomic E-state index is 0.209. The summed E-state index contributed by atoms with van der Waals surface area (Å²) < 4.78 is 4.94. The number of benzene rings is 1. The predicted octanol–water partition coefficient (Wildman–Crippen LogP) is 0.538. The SMILES string of the molecule is NC(=O)c1cccc(C(=O)NCCNC(=O)c2ccco2)c1. The Morgan fingerprint density at radius 3 is 2.27 bits per heavy atom. The van der Waals surface area contributed by atoms with E-state index in [1.54, 1.807) is 24.3 Å². The maximum Gasteiger partial charge on any atom is 0.287 e. The van der Waals surface area contributed by atoms with E-state index in [9.17, 15) is 14.4 Å². The van der Waals surface area contributed by atoms with Crippen molar-refractivity contribution in [3.05, 3.63) is 59.5 Å². The van der Waals surface area contributed by atoms with Crippen LogP contribution in [0.15, 0.2) is 47.1 Å². The molecule has 1 aromatic carbocycles. The summed E-state index contributed by atoms with van der Waals surface area (Å²) in [6.45, 7) is 0.493. The average molecular weight is 301 g/mol. The van der Waals surface area contributed by atoms with Gasteiger partial charge in [0.15, 0.2) is 5.76 Å². The van der Waals surface area contributed by atoms with Crippen molar-refractivity contribution in [1.29, 1.82) is 0 Å². The molecule has 0 fully saturated rings. The second kappa shape index (κ2) is 7.07. The zero-order valence-corrected chi connectivity index (χ0v) is 11.7. The molecule has 0 spiro atoms. The number of nitrogens with two attached hydrogens (primary N) is 1. The lowest BCUT2D eigenvalue weighted by molar-refractivity contribution is 0.0910. The average Bonchev–Trinajstić information content (AvgIpc) is 3.05. The second-order valence-corrected chi connectivity index (χ2v) is 4.43. The van der Waals surface area contributed by atoms with Crippen molar-refractivity contribution in [2.75, 3.05) is 13.1 Å². The third-order valence-electron chi connectivity index (χ3n) is 2.85. The molecule has 0 aliphatic rings. The number of amides is 3. The first kappa shape index (κ1) is 15.3. The number of carbonyl (C=O) groups excluding carboxylic acids is 3. The summed E-state index contributed by atoms with van der Waals surface area (Å²) in [5.74, 6) is -1.09. The van der Waals surface area contributed by atoms with E-state index in [2.05, 4.69) is 10.6 Å². The molecular weight excluding hydrogens is 286 g/mol. The van der Waals surface area contributed by atoms with Gasteiger partial charge in [-0.1, -0.05) is 6.07 Å². The molecule has 7 heteroatoms. The zero-order chi connectivity index (χ0) is 15.9. The van der Waals surface area contributed by atoms with Crippen LogP contribution < -0.4 is 16.4 Å². The Balaban J connectivity index is 1.79. The van der Waals surface area contributed by atoms with Crippen molar-refractivity contribution in [2.24, 2.45) is 5.73 Å². The highest BCUT2D eigenvalue weighted by atomic mass is 16.3. The number of primary amides is 1. The normalized spacial score (nSPS) is 10.0. The van der Waals surface area contributed by atoms with Crippen molar-refractivity contribution in [3.8, 4) is 0 Å². The molecule has 0 atom stereocenters. The van der Waals surface area contributed by atoms with E-state index in [4.69, 9.17) is 10.2 Å². The Labute approximate surface area is 126 Å². The summed E-state index contributed by atoms with van der Waals surface area (Å²) in [6.07, 6.45) is 1.41. The standard InChI is InChI=1S/C15H15N3O4/c16-13(19)10-3-1-4-11(9-10)14(20)17-6-7-18-15(21)12-5-2-8-22-12/h1-5,8-9H,6-7H2,(H2,16,19)(H,17,20)(H,18,21). The van der Waals surface area contributed by atoms with E-state index in [0.29, 0.717) is 5.56 Å². The summed E-state index contributed by atoms with van der Waals surface area (Å²) in [4.78, 5) is 34.5. The topological polar surface area (TPSA) is 114 Å². The van der Waals surface area contributed by atoms with Crippen molar-refractivity contribution >= 4 is 17.7 Å². The summed E-state index contributed by atoms with van der Waals surface area (Å²) in [7, 11) is 0. The monoisotopic (exact) mass is 301 g/mol.